The molecule has 0 amide bonds. The van der Waals surface area contributed by atoms with Gasteiger partial charge in [0.25, 0.3) is 0 Å². The number of para-hydroxylation sites is 1. The van der Waals surface area contributed by atoms with Gasteiger partial charge in [-0.1, -0.05) is 18.2 Å². The third-order valence-corrected chi connectivity index (χ3v) is 4.88. The third-order valence-electron chi connectivity index (χ3n) is 3.81. The molecule has 3 rings (SSSR count). The zero-order valence-electron chi connectivity index (χ0n) is 12.6. The van der Waals surface area contributed by atoms with Crippen molar-refractivity contribution in [3.8, 4) is 5.75 Å². The fourth-order valence-electron chi connectivity index (χ4n) is 2.77. The van der Waals surface area contributed by atoms with Gasteiger partial charge in [-0.25, -0.2) is 9.97 Å². The van der Waals surface area contributed by atoms with Gasteiger partial charge in [0.15, 0.2) is 0 Å². The molecule has 0 fully saturated rings. The Morgan fingerprint density at radius 2 is 1.95 bits per heavy atom. The van der Waals surface area contributed by atoms with Crippen molar-refractivity contribution in [3.05, 3.63) is 46.9 Å². The van der Waals surface area contributed by atoms with Crippen molar-refractivity contribution in [1.82, 2.24) is 9.97 Å². The lowest BCUT2D eigenvalue weighted by Crippen LogP contribution is -2.10. The highest BCUT2D eigenvalue weighted by Gasteiger charge is 2.17. The van der Waals surface area contributed by atoms with Crippen LogP contribution in [0, 0.1) is 6.92 Å². The summed E-state index contributed by atoms with van der Waals surface area (Å²) < 4.78 is 5.42. The van der Waals surface area contributed by atoms with Gasteiger partial charge in [-0.2, -0.15) is 0 Å². The van der Waals surface area contributed by atoms with Crippen LogP contribution in [0.1, 0.15) is 35.5 Å². The van der Waals surface area contributed by atoms with Crippen LogP contribution in [0.2, 0.25) is 0 Å². The molecule has 21 heavy (non-hydrogen) atoms. The lowest BCUT2D eigenvalue weighted by molar-refractivity contribution is 0.411. The summed E-state index contributed by atoms with van der Waals surface area (Å²) in [5.74, 6) is 2.72. The number of nitrogens with zero attached hydrogens (tertiary/aromatic N) is 2. The Hall–Kier alpha value is -1.55. The molecule has 0 saturated carbocycles. The summed E-state index contributed by atoms with van der Waals surface area (Å²) in [7, 11) is 1.72. The lowest BCUT2D eigenvalue weighted by atomic mass is 9.97. The number of fused-ring (bicyclic) bond motifs is 1. The zero-order chi connectivity index (χ0) is 14.7. The number of methoxy groups -OCH3 is 1. The van der Waals surface area contributed by atoms with Crippen molar-refractivity contribution < 1.29 is 4.74 Å². The number of benzene rings is 1. The van der Waals surface area contributed by atoms with E-state index in [1.54, 1.807) is 18.9 Å². The fraction of sp³-hybridized carbons (Fsp3) is 0.412. The largest absolute Gasteiger partial charge is 0.496 e. The molecule has 0 aliphatic heterocycles. The van der Waals surface area contributed by atoms with E-state index in [-0.39, 0.29) is 0 Å². The first-order chi connectivity index (χ1) is 10.3. The number of aryl methyl sites for hydroxylation is 2. The number of hydrogen-bond donors (Lipinski definition) is 0. The van der Waals surface area contributed by atoms with E-state index >= 15 is 0 Å². The van der Waals surface area contributed by atoms with E-state index < -0.39 is 0 Å². The molecule has 0 unspecified atom stereocenters. The molecule has 1 aromatic carbocycles. The van der Waals surface area contributed by atoms with Gasteiger partial charge >= 0.3 is 0 Å². The molecule has 4 heteroatoms. The molecular weight excluding hydrogens is 280 g/mol. The second-order valence-electron chi connectivity index (χ2n) is 5.31. The lowest BCUT2D eigenvalue weighted by Gasteiger charge is -2.18. The highest BCUT2D eigenvalue weighted by molar-refractivity contribution is 7.98. The van der Waals surface area contributed by atoms with E-state index in [0.29, 0.717) is 0 Å². The van der Waals surface area contributed by atoms with Crippen molar-refractivity contribution in [2.24, 2.45) is 0 Å². The van der Waals surface area contributed by atoms with E-state index in [1.165, 1.54) is 29.7 Å². The van der Waals surface area contributed by atoms with Gasteiger partial charge in [0, 0.05) is 22.6 Å². The molecule has 0 atom stereocenters. The van der Waals surface area contributed by atoms with Crippen LogP contribution in [0.4, 0.5) is 0 Å². The highest BCUT2D eigenvalue weighted by atomic mass is 32.2. The van der Waals surface area contributed by atoms with Gasteiger partial charge < -0.3 is 4.74 Å². The molecule has 2 aromatic rings. The number of hydrogen-bond acceptors (Lipinski definition) is 4. The van der Waals surface area contributed by atoms with Crippen LogP contribution in [0.5, 0.6) is 5.75 Å². The summed E-state index contributed by atoms with van der Waals surface area (Å²) >= 11 is 1.80. The first kappa shape index (κ1) is 14.4. The molecule has 0 bridgehead atoms. The topological polar surface area (TPSA) is 35.0 Å². The Kier molecular flexibility index (Phi) is 4.44. The Bertz CT molecular complexity index is 643. The smallest absolute Gasteiger partial charge is 0.126 e. The third kappa shape index (κ3) is 3.21. The average molecular weight is 300 g/mol. The molecule has 0 saturated heterocycles. The van der Waals surface area contributed by atoms with Crippen molar-refractivity contribution in [3.63, 3.8) is 0 Å². The normalized spacial score (nSPS) is 13.8. The van der Waals surface area contributed by atoms with Gasteiger partial charge in [-0.05, 0) is 38.7 Å². The second-order valence-corrected chi connectivity index (χ2v) is 6.27. The summed E-state index contributed by atoms with van der Waals surface area (Å²) in [6, 6.07) is 8.19. The number of ether oxygens (including phenoxy) is 1. The average Bonchev–Trinajstić information content (AvgIpc) is 2.52. The van der Waals surface area contributed by atoms with Crippen LogP contribution < -0.4 is 4.74 Å². The maximum Gasteiger partial charge on any atom is 0.126 e. The van der Waals surface area contributed by atoms with Crippen LogP contribution in [-0.2, 0) is 18.6 Å². The van der Waals surface area contributed by atoms with Gasteiger partial charge in [-0.3, -0.25) is 0 Å². The summed E-state index contributed by atoms with van der Waals surface area (Å²) in [6.07, 6.45) is 4.71. The molecule has 1 aromatic heterocycles. The Morgan fingerprint density at radius 1 is 1.14 bits per heavy atom. The SMILES string of the molecule is COc1ccccc1CSc1nc(C)nc2c1CCCC2. The predicted molar refractivity (Wildman–Crippen MR) is 86.0 cm³/mol. The van der Waals surface area contributed by atoms with Crippen LogP contribution in [0.3, 0.4) is 0 Å². The molecule has 0 spiro atoms. The molecular formula is C17H20N2OS. The Balaban J connectivity index is 1.83. The molecule has 0 N–H and O–H groups in total. The van der Waals surface area contributed by atoms with Gasteiger partial charge in [0.05, 0.1) is 7.11 Å². The van der Waals surface area contributed by atoms with Crippen LogP contribution in [0.15, 0.2) is 29.3 Å². The van der Waals surface area contributed by atoms with Gasteiger partial charge in [-0.15, -0.1) is 11.8 Å². The summed E-state index contributed by atoms with van der Waals surface area (Å²) in [4.78, 5) is 9.28. The fourth-order valence-corrected chi connectivity index (χ4v) is 3.89. The van der Waals surface area contributed by atoms with Crippen LogP contribution in [0.25, 0.3) is 0 Å². The van der Waals surface area contributed by atoms with Crippen molar-refractivity contribution >= 4 is 11.8 Å². The quantitative estimate of drug-likeness (QED) is 0.632. The molecule has 3 nitrogen and oxygen atoms in total. The maximum absolute atomic E-state index is 5.42. The minimum Gasteiger partial charge on any atom is -0.496 e. The Labute approximate surface area is 130 Å². The first-order valence-electron chi connectivity index (χ1n) is 7.39. The number of thioether (sulfide) groups is 1. The van der Waals surface area contributed by atoms with E-state index in [0.717, 1.165) is 35.2 Å². The minimum absolute atomic E-state index is 0.882. The highest BCUT2D eigenvalue weighted by Crippen LogP contribution is 2.32. The van der Waals surface area contributed by atoms with Crippen molar-refractivity contribution in [2.45, 2.75) is 43.4 Å². The molecule has 1 heterocycles. The summed E-state index contributed by atoms with van der Waals surface area (Å²) in [6.45, 7) is 1.99. The standard InChI is InChI=1S/C17H20N2OS/c1-12-18-15-9-5-4-8-14(15)17(19-12)21-11-13-7-3-6-10-16(13)20-2/h3,6-7,10H,4-5,8-9,11H2,1-2H3. The van der Waals surface area contributed by atoms with E-state index in [1.807, 2.05) is 19.1 Å². The summed E-state index contributed by atoms with van der Waals surface area (Å²) in [5, 5.41) is 1.16. The number of rotatable bonds is 4. The summed E-state index contributed by atoms with van der Waals surface area (Å²) in [5.41, 5.74) is 3.84. The maximum atomic E-state index is 5.42. The van der Waals surface area contributed by atoms with E-state index in [4.69, 9.17) is 4.74 Å². The van der Waals surface area contributed by atoms with Crippen molar-refractivity contribution in [1.29, 1.82) is 0 Å². The van der Waals surface area contributed by atoms with Gasteiger partial charge in [0.2, 0.25) is 0 Å². The van der Waals surface area contributed by atoms with E-state index in [9.17, 15) is 0 Å². The number of aromatic nitrogens is 2. The molecule has 110 valence electrons. The first-order valence-corrected chi connectivity index (χ1v) is 8.37. The Morgan fingerprint density at radius 3 is 2.81 bits per heavy atom. The van der Waals surface area contributed by atoms with Crippen LogP contribution >= 0.6 is 11.8 Å². The van der Waals surface area contributed by atoms with Gasteiger partial charge in [0.1, 0.15) is 16.6 Å². The zero-order valence-corrected chi connectivity index (χ0v) is 13.4. The molecule has 0 radical (unpaired) electrons. The minimum atomic E-state index is 0.882. The van der Waals surface area contributed by atoms with Crippen LogP contribution in [-0.4, -0.2) is 17.1 Å². The second kappa shape index (κ2) is 6.48. The molecule has 1 aliphatic carbocycles. The molecule has 1 aliphatic rings. The van der Waals surface area contributed by atoms with Crippen molar-refractivity contribution in [2.75, 3.05) is 7.11 Å². The predicted octanol–water partition coefficient (Wildman–Crippen LogP) is 3.96. The van der Waals surface area contributed by atoms with E-state index in [2.05, 4.69) is 22.1 Å². The monoisotopic (exact) mass is 300 g/mol.